The molecule has 1 heterocycles. The van der Waals surface area contributed by atoms with Gasteiger partial charge in [-0.15, -0.1) is 11.8 Å². The Kier molecular flexibility index (Phi) is 9.19. The summed E-state index contributed by atoms with van der Waals surface area (Å²) in [6, 6.07) is 9.16. The monoisotopic (exact) mass is 494 g/mol. The predicted octanol–water partition coefficient (Wildman–Crippen LogP) is 3.94. The number of nitrogens with one attached hydrogen (secondary N) is 2. The summed E-state index contributed by atoms with van der Waals surface area (Å²) in [6.07, 6.45) is 1.61. The van der Waals surface area contributed by atoms with E-state index >= 15 is 0 Å². The van der Waals surface area contributed by atoms with E-state index in [0.29, 0.717) is 28.5 Å². The van der Waals surface area contributed by atoms with Gasteiger partial charge in [0.1, 0.15) is 12.3 Å². The molecule has 0 aliphatic heterocycles. The van der Waals surface area contributed by atoms with Crippen molar-refractivity contribution >= 4 is 51.1 Å². The Labute approximate surface area is 187 Å². The summed E-state index contributed by atoms with van der Waals surface area (Å²) in [7, 11) is 1.30. The van der Waals surface area contributed by atoms with Crippen LogP contribution in [0.5, 0.6) is 0 Å². The van der Waals surface area contributed by atoms with Gasteiger partial charge in [0.05, 0.1) is 18.4 Å². The van der Waals surface area contributed by atoms with Crippen LogP contribution >= 0.6 is 27.7 Å². The molecular formula is C21H23BrN2O5S. The molecule has 0 saturated heterocycles. The van der Waals surface area contributed by atoms with Crippen molar-refractivity contribution in [3.8, 4) is 0 Å². The van der Waals surface area contributed by atoms with Gasteiger partial charge in [-0.25, -0.2) is 9.59 Å². The van der Waals surface area contributed by atoms with Crippen LogP contribution < -0.4 is 5.32 Å². The molecule has 0 fully saturated rings. The number of ether oxygens (including phenoxy) is 2. The second kappa shape index (κ2) is 11.6. The molecule has 1 aromatic heterocycles. The maximum absolute atomic E-state index is 12.7. The zero-order valence-corrected chi connectivity index (χ0v) is 19.3. The molecule has 160 valence electrons. The van der Waals surface area contributed by atoms with Gasteiger partial charge >= 0.3 is 11.9 Å². The zero-order chi connectivity index (χ0) is 22.1. The summed E-state index contributed by atoms with van der Waals surface area (Å²) in [5.41, 5.74) is 1.87. The number of methoxy groups -OCH3 is 1. The number of carbonyl (C=O) groups excluding carboxylic acids is 3. The van der Waals surface area contributed by atoms with Gasteiger partial charge in [-0.3, -0.25) is 4.79 Å². The molecule has 0 spiro atoms. The molecule has 0 aliphatic rings. The molecule has 2 N–H and O–H groups in total. The molecule has 7 nitrogen and oxygen atoms in total. The summed E-state index contributed by atoms with van der Waals surface area (Å²) < 4.78 is 11.2. The highest BCUT2D eigenvalue weighted by Gasteiger charge is 2.22. The SMILES string of the molecule is C/C=C(/C(=O)OC)c1cc(SCCNC(C)=O)c(C(=O)OCc2ccc(Br)cc2)[nH]1. The Morgan fingerprint density at radius 2 is 1.93 bits per heavy atom. The number of rotatable bonds is 9. The van der Waals surface area contributed by atoms with E-state index in [1.54, 1.807) is 19.1 Å². The number of benzene rings is 1. The number of halogens is 1. The van der Waals surface area contributed by atoms with Crippen LogP contribution in [-0.2, 0) is 25.7 Å². The van der Waals surface area contributed by atoms with E-state index in [2.05, 4.69) is 26.2 Å². The van der Waals surface area contributed by atoms with Gasteiger partial charge in [-0.05, 0) is 30.7 Å². The fraction of sp³-hybridized carbons (Fsp3) is 0.286. The fourth-order valence-electron chi connectivity index (χ4n) is 2.53. The molecule has 0 unspecified atom stereocenters. The minimum atomic E-state index is -0.536. The lowest BCUT2D eigenvalue weighted by Crippen LogP contribution is -2.22. The lowest BCUT2D eigenvalue weighted by atomic mass is 10.2. The van der Waals surface area contributed by atoms with Crippen LogP contribution in [0.2, 0.25) is 0 Å². The van der Waals surface area contributed by atoms with Gasteiger partial charge < -0.3 is 19.8 Å². The number of carbonyl (C=O) groups is 3. The van der Waals surface area contributed by atoms with E-state index in [0.717, 1.165) is 10.0 Å². The number of thioether (sulfide) groups is 1. The molecule has 0 aliphatic carbocycles. The topological polar surface area (TPSA) is 97.5 Å². The van der Waals surface area contributed by atoms with Gasteiger partial charge in [-0.1, -0.05) is 34.1 Å². The molecule has 1 aromatic carbocycles. The van der Waals surface area contributed by atoms with Gasteiger partial charge in [0.2, 0.25) is 5.91 Å². The first-order valence-corrected chi connectivity index (χ1v) is 10.9. The maximum Gasteiger partial charge on any atom is 0.356 e. The Morgan fingerprint density at radius 3 is 2.53 bits per heavy atom. The molecule has 30 heavy (non-hydrogen) atoms. The second-order valence-electron chi connectivity index (χ2n) is 6.15. The molecule has 2 aromatic rings. The molecule has 0 saturated carbocycles. The van der Waals surface area contributed by atoms with Crippen LogP contribution in [0.4, 0.5) is 0 Å². The van der Waals surface area contributed by atoms with Crippen molar-refractivity contribution in [2.24, 2.45) is 0 Å². The van der Waals surface area contributed by atoms with Crippen molar-refractivity contribution in [2.45, 2.75) is 25.3 Å². The molecule has 0 bridgehead atoms. The molecule has 0 atom stereocenters. The van der Waals surface area contributed by atoms with E-state index in [9.17, 15) is 14.4 Å². The van der Waals surface area contributed by atoms with Crippen molar-refractivity contribution in [2.75, 3.05) is 19.4 Å². The quantitative estimate of drug-likeness (QED) is 0.237. The zero-order valence-electron chi connectivity index (χ0n) is 16.9. The van der Waals surface area contributed by atoms with E-state index in [1.165, 1.54) is 25.8 Å². The summed E-state index contributed by atoms with van der Waals surface area (Å²) in [5.74, 6) is -0.621. The molecule has 0 radical (unpaired) electrons. The van der Waals surface area contributed by atoms with E-state index in [1.807, 2.05) is 24.3 Å². The molecular weight excluding hydrogens is 472 g/mol. The van der Waals surface area contributed by atoms with Crippen LogP contribution in [-0.4, -0.2) is 42.2 Å². The van der Waals surface area contributed by atoms with Gasteiger partial charge in [0.15, 0.2) is 0 Å². The molecule has 9 heteroatoms. The average molecular weight is 495 g/mol. The minimum Gasteiger partial charge on any atom is -0.465 e. The van der Waals surface area contributed by atoms with Crippen LogP contribution in [0.1, 0.15) is 35.6 Å². The highest BCUT2D eigenvalue weighted by Crippen LogP contribution is 2.28. The van der Waals surface area contributed by atoms with Crippen molar-refractivity contribution in [1.29, 1.82) is 0 Å². The van der Waals surface area contributed by atoms with Gasteiger partial charge in [0, 0.05) is 28.6 Å². The predicted molar refractivity (Wildman–Crippen MR) is 119 cm³/mol. The number of aromatic amines is 1. The number of hydrogen-bond acceptors (Lipinski definition) is 6. The highest BCUT2D eigenvalue weighted by molar-refractivity contribution is 9.10. The Bertz CT molecular complexity index is 937. The van der Waals surface area contributed by atoms with Crippen LogP contribution in [0.3, 0.4) is 0 Å². The van der Waals surface area contributed by atoms with Crippen molar-refractivity contribution in [3.63, 3.8) is 0 Å². The van der Waals surface area contributed by atoms with E-state index < -0.39 is 11.9 Å². The third-order valence-electron chi connectivity index (χ3n) is 3.99. The largest absolute Gasteiger partial charge is 0.465 e. The van der Waals surface area contributed by atoms with Gasteiger partial charge in [0.25, 0.3) is 0 Å². The average Bonchev–Trinajstić information content (AvgIpc) is 3.14. The first kappa shape index (κ1) is 23.8. The first-order chi connectivity index (χ1) is 14.3. The van der Waals surface area contributed by atoms with E-state index in [4.69, 9.17) is 9.47 Å². The molecule has 1 amide bonds. The highest BCUT2D eigenvalue weighted by atomic mass is 79.9. The number of aromatic nitrogens is 1. The number of H-pyrrole nitrogens is 1. The third-order valence-corrected chi connectivity index (χ3v) is 5.56. The smallest absolute Gasteiger partial charge is 0.356 e. The molecule has 2 rings (SSSR count). The standard InChI is InChI=1S/C21H23BrN2O5S/c1-4-16(20(26)28-3)17-11-18(30-10-9-23-13(2)25)19(24-17)21(27)29-12-14-5-7-15(22)8-6-14/h4-8,11,24H,9-10,12H2,1-3H3,(H,23,25)/b16-4+. The number of hydrogen-bond donors (Lipinski definition) is 2. The van der Waals surface area contributed by atoms with Crippen LogP contribution in [0, 0.1) is 0 Å². The first-order valence-electron chi connectivity index (χ1n) is 9.12. The normalized spacial score (nSPS) is 11.1. The summed E-state index contributed by atoms with van der Waals surface area (Å²) in [4.78, 5) is 39.4. The summed E-state index contributed by atoms with van der Waals surface area (Å²) in [6.45, 7) is 3.71. The number of esters is 2. The summed E-state index contributed by atoms with van der Waals surface area (Å²) in [5, 5.41) is 2.71. The van der Waals surface area contributed by atoms with E-state index in [-0.39, 0.29) is 18.2 Å². The minimum absolute atomic E-state index is 0.115. The second-order valence-corrected chi connectivity index (χ2v) is 8.20. The van der Waals surface area contributed by atoms with Crippen LogP contribution in [0.15, 0.2) is 45.8 Å². The Morgan fingerprint density at radius 1 is 1.23 bits per heavy atom. The third kappa shape index (κ3) is 6.77. The van der Waals surface area contributed by atoms with Gasteiger partial charge in [-0.2, -0.15) is 0 Å². The summed E-state index contributed by atoms with van der Waals surface area (Å²) >= 11 is 4.74. The van der Waals surface area contributed by atoms with Crippen molar-refractivity contribution in [3.05, 3.63) is 57.8 Å². The Hall–Kier alpha value is -2.52. The number of allylic oxidation sites excluding steroid dienone is 1. The van der Waals surface area contributed by atoms with Crippen molar-refractivity contribution < 1.29 is 23.9 Å². The van der Waals surface area contributed by atoms with Crippen molar-refractivity contribution in [1.82, 2.24) is 10.3 Å². The fourth-order valence-corrected chi connectivity index (χ4v) is 3.70. The lowest BCUT2D eigenvalue weighted by Gasteiger charge is -2.07. The lowest BCUT2D eigenvalue weighted by molar-refractivity contribution is -0.133. The number of amides is 1. The van der Waals surface area contributed by atoms with Crippen LogP contribution in [0.25, 0.3) is 5.57 Å². The Balaban J connectivity index is 2.20. The maximum atomic E-state index is 12.7.